The second-order valence-electron chi connectivity index (χ2n) is 3.72. The Kier molecular flexibility index (Phi) is 3.62. The van der Waals surface area contributed by atoms with E-state index in [2.05, 4.69) is 4.72 Å². The van der Waals surface area contributed by atoms with Gasteiger partial charge in [-0.05, 0) is 31.0 Å². The van der Waals surface area contributed by atoms with Crippen LogP contribution in [0, 0.1) is 13.8 Å². The number of anilines is 2. The third-order valence-electron chi connectivity index (χ3n) is 2.31. The van der Waals surface area contributed by atoms with Gasteiger partial charge in [-0.15, -0.1) is 0 Å². The maximum Gasteiger partial charge on any atom is 0.320 e. The number of hydrogen-bond donors (Lipinski definition) is 3. The summed E-state index contributed by atoms with van der Waals surface area (Å²) in [5, 5.41) is 8.45. The van der Waals surface area contributed by atoms with Gasteiger partial charge >= 0.3 is 5.97 Å². The molecule has 0 fully saturated rings. The minimum Gasteiger partial charge on any atom is -0.480 e. The highest BCUT2D eigenvalue weighted by atomic mass is 32.2. The van der Waals surface area contributed by atoms with Crippen LogP contribution in [0.5, 0.6) is 0 Å². The molecular formula is C10H14N2O4S. The summed E-state index contributed by atoms with van der Waals surface area (Å²) < 4.78 is 25.0. The summed E-state index contributed by atoms with van der Waals surface area (Å²) in [5.41, 5.74) is 7.96. The molecule has 0 aliphatic carbocycles. The zero-order chi connectivity index (χ0) is 13.2. The molecule has 0 amide bonds. The minimum atomic E-state index is -3.89. The van der Waals surface area contributed by atoms with Crippen molar-refractivity contribution < 1.29 is 18.3 Å². The maximum absolute atomic E-state index is 11.4. The van der Waals surface area contributed by atoms with Crippen molar-refractivity contribution >= 4 is 27.4 Å². The quantitative estimate of drug-likeness (QED) is 0.689. The predicted molar refractivity (Wildman–Crippen MR) is 65.4 cm³/mol. The number of carboxylic acids is 1. The minimum absolute atomic E-state index is 0.300. The topological polar surface area (TPSA) is 109 Å². The SMILES string of the molecule is Cc1ccc(NS(=O)(=O)CC(=O)O)c(C)c1N. The molecular weight excluding hydrogens is 244 g/mol. The Morgan fingerprint density at radius 1 is 1.41 bits per heavy atom. The Balaban J connectivity index is 3.05. The van der Waals surface area contributed by atoms with E-state index in [0.717, 1.165) is 5.56 Å². The highest BCUT2D eigenvalue weighted by molar-refractivity contribution is 7.93. The van der Waals surface area contributed by atoms with E-state index in [1.807, 2.05) is 0 Å². The molecule has 17 heavy (non-hydrogen) atoms. The smallest absolute Gasteiger partial charge is 0.320 e. The fourth-order valence-electron chi connectivity index (χ4n) is 1.34. The van der Waals surface area contributed by atoms with E-state index >= 15 is 0 Å². The van der Waals surface area contributed by atoms with Crippen LogP contribution in [0.15, 0.2) is 12.1 Å². The normalized spacial score (nSPS) is 11.2. The molecule has 1 rings (SSSR count). The van der Waals surface area contributed by atoms with Gasteiger partial charge in [0.2, 0.25) is 10.0 Å². The van der Waals surface area contributed by atoms with E-state index in [0.29, 0.717) is 16.9 Å². The molecule has 1 aromatic rings. The number of sulfonamides is 1. The summed E-state index contributed by atoms with van der Waals surface area (Å²) in [5.74, 6) is -2.38. The number of nitrogens with one attached hydrogen (secondary N) is 1. The Morgan fingerprint density at radius 3 is 2.53 bits per heavy atom. The second-order valence-corrected chi connectivity index (χ2v) is 5.45. The average molecular weight is 258 g/mol. The van der Waals surface area contributed by atoms with Crippen molar-refractivity contribution in [2.75, 3.05) is 16.2 Å². The Bertz CT molecular complexity index is 552. The predicted octanol–water partition coefficient (Wildman–Crippen LogP) is 0.712. The number of benzene rings is 1. The van der Waals surface area contributed by atoms with E-state index in [1.54, 1.807) is 26.0 Å². The van der Waals surface area contributed by atoms with Gasteiger partial charge in [0.05, 0.1) is 5.69 Å². The highest BCUT2D eigenvalue weighted by Crippen LogP contribution is 2.25. The van der Waals surface area contributed by atoms with Crippen LogP contribution in [0.1, 0.15) is 11.1 Å². The molecule has 1 aromatic carbocycles. The lowest BCUT2D eigenvalue weighted by Gasteiger charge is -2.12. The van der Waals surface area contributed by atoms with Crippen LogP contribution >= 0.6 is 0 Å². The molecule has 0 aliphatic heterocycles. The van der Waals surface area contributed by atoms with E-state index in [1.165, 1.54) is 0 Å². The summed E-state index contributed by atoms with van der Waals surface area (Å²) in [6.07, 6.45) is 0. The molecule has 0 saturated heterocycles. The zero-order valence-corrected chi connectivity index (χ0v) is 10.3. The summed E-state index contributed by atoms with van der Waals surface area (Å²) in [4.78, 5) is 10.4. The third kappa shape index (κ3) is 3.35. The number of aryl methyl sites for hydroxylation is 1. The van der Waals surface area contributed by atoms with E-state index < -0.39 is 21.7 Å². The molecule has 0 spiro atoms. The molecule has 0 radical (unpaired) electrons. The fraction of sp³-hybridized carbons (Fsp3) is 0.300. The average Bonchev–Trinajstić information content (AvgIpc) is 2.17. The number of rotatable bonds is 4. The van der Waals surface area contributed by atoms with Crippen LogP contribution in [0.2, 0.25) is 0 Å². The zero-order valence-electron chi connectivity index (χ0n) is 9.52. The van der Waals surface area contributed by atoms with Gasteiger partial charge in [0.1, 0.15) is 0 Å². The Morgan fingerprint density at radius 2 is 2.00 bits per heavy atom. The molecule has 0 atom stereocenters. The van der Waals surface area contributed by atoms with Crippen molar-refractivity contribution in [1.29, 1.82) is 0 Å². The van der Waals surface area contributed by atoms with E-state index in [-0.39, 0.29) is 0 Å². The number of carbonyl (C=O) groups is 1. The molecule has 0 aromatic heterocycles. The molecule has 0 saturated carbocycles. The van der Waals surface area contributed by atoms with Gasteiger partial charge in [0, 0.05) is 5.69 Å². The monoisotopic (exact) mass is 258 g/mol. The van der Waals surface area contributed by atoms with Crippen molar-refractivity contribution in [3.8, 4) is 0 Å². The maximum atomic E-state index is 11.4. The molecule has 0 unspecified atom stereocenters. The molecule has 94 valence electrons. The number of nitrogens with two attached hydrogens (primary N) is 1. The van der Waals surface area contributed by atoms with Crippen molar-refractivity contribution in [3.63, 3.8) is 0 Å². The van der Waals surface area contributed by atoms with Crippen LogP contribution in [-0.2, 0) is 14.8 Å². The lowest BCUT2D eigenvalue weighted by molar-refractivity contribution is -0.134. The lowest BCUT2D eigenvalue weighted by atomic mass is 10.1. The first-order valence-corrected chi connectivity index (χ1v) is 6.46. The molecule has 0 bridgehead atoms. The van der Waals surface area contributed by atoms with Gasteiger partial charge in [-0.3, -0.25) is 9.52 Å². The van der Waals surface area contributed by atoms with Crippen LogP contribution in [-0.4, -0.2) is 25.2 Å². The van der Waals surface area contributed by atoms with E-state index in [4.69, 9.17) is 10.8 Å². The summed E-state index contributed by atoms with van der Waals surface area (Å²) in [6.45, 7) is 3.47. The standard InChI is InChI=1S/C10H14N2O4S/c1-6-3-4-8(7(2)10(6)11)12-17(15,16)5-9(13)14/h3-4,12H,5,11H2,1-2H3,(H,13,14). The van der Waals surface area contributed by atoms with Crippen molar-refractivity contribution in [2.24, 2.45) is 0 Å². The number of hydrogen-bond acceptors (Lipinski definition) is 4. The van der Waals surface area contributed by atoms with Crippen molar-refractivity contribution in [2.45, 2.75) is 13.8 Å². The first kappa shape index (κ1) is 13.3. The first-order chi connectivity index (χ1) is 7.73. The van der Waals surface area contributed by atoms with Crippen LogP contribution in [0.25, 0.3) is 0 Å². The van der Waals surface area contributed by atoms with Gasteiger partial charge < -0.3 is 10.8 Å². The van der Waals surface area contributed by atoms with Gasteiger partial charge in [0.15, 0.2) is 5.75 Å². The third-order valence-corrected chi connectivity index (χ3v) is 3.47. The van der Waals surface area contributed by atoms with Gasteiger partial charge in [-0.2, -0.15) is 0 Å². The van der Waals surface area contributed by atoms with Crippen LogP contribution < -0.4 is 10.5 Å². The first-order valence-electron chi connectivity index (χ1n) is 4.81. The van der Waals surface area contributed by atoms with Crippen LogP contribution in [0.3, 0.4) is 0 Å². The second kappa shape index (κ2) is 4.62. The molecule has 4 N–H and O–H groups in total. The molecule has 6 nitrogen and oxygen atoms in total. The van der Waals surface area contributed by atoms with Crippen molar-refractivity contribution in [3.05, 3.63) is 23.3 Å². The molecule has 7 heteroatoms. The highest BCUT2D eigenvalue weighted by Gasteiger charge is 2.17. The summed E-state index contributed by atoms with van der Waals surface area (Å²) in [7, 11) is -3.89. The molecule has 0 aliphatic rings. The molecule has 0 heterocycles. The van der Waals surface area contributed by atoms with Crippen LogP contribution in [0.4, 0.5) is 11.4 Å². The Labute approximate surface area is 99.5 Å². The fourth-order valence-corrected chi connectivity index (χ4v) is 2.29. The summed E-state index contributed by atoms with van der Waals surface area (Å²) >= 11 is 0. The van der Waals surface area contributed by atoms with Gasteiger partial charge in [-0.1, -0.05) is 6.07 Å². The number of nitrogen functional groups attached to an aromatic ring is 1. The lowest BCUT2D eigenvalue weighted by Crippen LogP contribution is -2.23. The van der Waals surface area contributed by atoms with Gasteiger partial charge in [-0.25, -0.2) is 8.42 Å². The number of carboxylic acid groups (broad SMARTS) is 1. The number of aliphatic carboxylic acids is 1. The summed E-state index contributed by atoms with van der Waals surface area (Å²) in [6, 6.07) is 3.22. The van der Waals surface area contributed by atoms with E-state index in [9.17, 15) is 13.2 Å². The van der Waals surface area contributed by atoms with Gasteiger partial charge in [0.25, 0.3) is 0 Å². The van der Waals surface area contributed by atoms with Crippen molar-refractivity contribution in [1.82, 2.24) is 0 Å². The Hall–Kier alpha value is -1.76. The largest absolute Gasteiger partial charge is 0.480 e.